The van der Waals surface area contributed by atoms with Crippen LogP contribution in [-0.2, 0) is 0 Å². The Kier molecular flexibility index (Phi) is 2.45. The molecule has 0 spiro atoms. The molecule has 0 aliphatic carbocycles. The van der Waals surface area contributed by atoms with Crippen molar-refractivity contribution in [3.63, 3.8) is 0 Å². The zero-order chi connectivity index (χ0) is 9.14. The monoisotopic (exact) mass is 183 g/mol. The van der Waals surface area contributed by atoms with Crippen LogP contribution in [0.4, 0.5) is 5.69 Å². The molecule has 3 nitrogen and oxygen atoms in total. The molecule has 1 aromatic carbocycles. The molecule has 0 saturated heterocycles. The summed E-state index contributed by atoms with van der Waals surface area (Å²) in [5.41, 5.74) is 0.688. The van der Waals surface area contributed by atoms with Crippen molar-refractivity contribution in [3.8, 4) is 0 Å². The molecule has 0 radical (unpaired) electrons. The molecule has 0 N–H and O–H groups in total. The molecule has 0 bridgehead atoms. The number of nitrogens with zero attached hydrogens (tertiary/aromatic N) is 1. The number of hydrogen-bond donors (Lipinski definition) is 0. The summed E-state index contributed by atoms with van der Waals surface area (Å²) in [7, 11) is 0. The summed E-state index contributed by atoms with van der Waals surface area (Å²) in [6.07, 6.45) is 1.58. The van der Waals surface area contributed by atoms with E-state index in [0.717, 1.165) is 5.56 Å². The zero-order valence-electron chi connectivity index (χ0n) is 6.16. The Morgan fingerprint density at radius 1 is 1.58 bits per heavy atom. The minimum atomic E-state index is -0.519. The molecule has 1 rings (SSSR count). The summed E-state index contributed by atoms with van der Waals surface area (Å²) in [5, 5.41) is 10.5. The molecular formula is C8H6ClNO2. The van der Waals surface area contributed by atoms with Gasteiger partial charge in [-0.15, -0.1) is 0 Å². The van der Waals surface area contributed by atoms with E-state index in [1.54, 1.807) is 12.1 Å². The lowest BCUT2D eigenvalue weighted by atomic mass is 10.2. The van der Waals surface area contributed by atoms with Gasteiger partial charge in [-0.1, -0.05) is 24.3 Å². The van der Waals surface area contributed by atoms with Crippen molar-refractivity contribution in [1.82, 2.24) is 0 Å². The van der Waals surface area contributed by atoms with Crippen LogP contribution in [0.5, 0.6) is 0 Å². The summed E-state index contributed by atoms with van der Waals surface area (Å²) in [6.45, 7) is 3.52. The zero-order valence-corrected chi connectivity index (χ0v) is 6.91. The number of halogens is 1. The topological polar surface area (TPSA) is 43.1 Å². The summed E-state index contributed by atoms with van der Waals surface area (Å²) in [4.78, 5) is 9.80. The molecule has 1 aromatic rings. The van der Waals surface area contributed by atoms with Crippen LogP contribution in [0.1, 0.15) is 5.56 Å². The smallest absolute Gasteiger partial charge is 0.258 e. The molecule has 0 aromatic heterocycles. The van der Waals surface area contributed by atoms with Gasteiger partial charge in [0.15, 0.2) is 0 Å². The average Bonchev–Trinajstić information content (AvgIpc) is 2.03. The third-order valence-corrected chi connectivity index (χ3v) is 1.71. The highest BCUT2D eigenvalue weighted by Gasteiger charge is 2.10. The fraction of sp³-hybridized carbons (Fsp3) is 0. The van der Waals surface area contributed by atoms with Gasteiger partial charge >= 0.3 is 0 Å². The molecule has 0 heterocycles. The maximum atomic E-state index is 10.3. The van der Waals surface area contributed by atoms with Crippen molar-refractivity contribution >= 4 is 23.4 Å². The Balaban J connectivity index is 3.20. The van der Waals surface area contributed by atoms with Crippen LogP contribution in [0.15, 0.2) is 24.8 Å². The second-order valence-corrected chi connectivity index (χ2v) is 2.58. The maximum absolute atomic E-state index is 10.3. The van der Waals surface area contributed by atoms with Crippen molar-refractivity contribution in [2.45, 2.75) is 0 Å². The minimum absolute atomic E-state index is 0.0812. The van der Waals surface area contributed by atoms with Crippen molar-refractivity contribution in [3.05, 3.63) is 45.5 Å². The molecule has 0 fully saturated rings. The first-order valence-corrected chi connectivity index (χ1v) is 3.59. The van der Waals surface area contributed by atoms with Gasteiger partial charge in [-0.25, -0.2) is 0 Å². The van der Waals surface area contributed by atoms with Crippen molar-refractivity contribution in [1.29, 1.82) is 0 Å². The van der Waals surface area contributed by atoms with Gasteiger partial charge in [-0.2, -0.15) is 0 Å². The van der Waals surface area contributed by atoms with Gasteiger partial charge in [0.05, 0.1) is 4.92 Å². The average molecular weight is 184 g/mol. The van der Waals surface area contributed by atoms with E-state index < -0.39 is 4.92 Å². The Bertz CT molecular complexity index is 336. The molecule has 4 heteroatoms. The molecule has 0 aliphatic heterocycles. The van der Waals surface area contributed by atoms with E-state index in [1.165, 1.54) is 12.1 Å². The Labute approximate surface area is 74.4 Å². The number of hydrogen-bond acceptors (Lipinski definition) is 2. The predicted octanol–water partition coefficient (Wildman–Crippen LogP) is 2.89. The molecule has 0 saturated carbocycles. The molecular weight excluding hydrogens is 178 g/mol. The Morgan fingerprint density at radius 3 is 2.67 bits per heavy atom. The van der Waals surface area contributed by atoms with Gasteiger partial charge in [0.25, 0.3) is 5.69 Å². The van der Waals surface area contributed by atoms with E-state index in [1.807, 2.05) is 0 Å². The molecule has 0 aliphatic rings. The molecule has 0 atom stereocenters. The van der Waals surface area contributed by atoms with Gasteiger partial charge in [0.1, 0.15) is 5.02 Å². The number of nitro groups is 1. The van der Waals surface area contributed by atoms with Crippen LogP contribution in [0.2, 0.25) is 5.02 Å². The lowest BCUT2D eigenvalue weighted by molar-refractivity contribution is -0.384. The summed E-state index contributed by atoms with van der Waals surface area (Å²) < 4.78 is 0. The number of rotatable bonds is 2. The van der Waals surface area contributed by atoms with Crippen LogP contribution < -0.4 is 0 Å². The van der Waals surface area contributed by atoms with Crippen molar-refractivity contribution in [2.75, 3.05) is 0 Å². The van der Waals surface area contributed by atoms with E-state index in [9.17, 15) is 10.1 Å². The fourth-order valence-electron chi connectivity index (χ4n) is 0.798. The summed E-state index contributed by atoms with van der Waals surface area (Å²) >= 11 is 5.61. The lowest BCUT2D eigenvalue weighted by Gasteiger charge is -1.95. The van der Waals surface area contributed by atoms with Gasteiger partial charge < -0.3 is 0 Å². The number of nitro benzene ring substituents is 1. The van der Waals surface area contributed by atoms with Crippen LogP contribution >= 0.6 is 11.6 Å². The largest absolute Gasteiger partial charge is 0.287 e. The highest BCUT2D eigenvalue weighted by Crippen LogP contribution is 2.25. The minimum Gasteiger partial charge on any atom is -0.258 e. The van der Waals surface area contributed by atoms with Gasteiger partial charge in [0.2, 0.25) is 0 Å². The standard InChI is InChI=1S/C8H6ClNO2/c1-2-6-3-4-8(10(11)12)7(9)5-6/h2-5H,1H2. The van der Waals surface area contributed by atoms with E-state index in [0.29, 0.717) is 0 Å². The Hall–Kier alpha value is -1.35. The maximum Gasteiger partial charge on any atom is 0.287 e. The van der Waals surface area contributed by atoms with Gasteiger partial charge in [0, 0.05) is 6.07 Å². The quantitative estimate of drug-likeness (QED) is 0.523. The molecule has 0 amide bonds. The van der Waals surface area contributed by atoms with E-state index in [-0.39, 0.29) is 10.7 Å². The Morgan fingerprint density at radius 2 is 2.25 bits per heavy atom. The fourth-order valence-corrected chi connectivity index (χ4v) is 1.06. The first-order valence-electron chi connectivity index (χ1n) is 3.21. The SMILES string of the molecule is C=Cc1ccc([N+](=O)[O-])c(Cl)c1. The van der Waals surface area contributed by atoms with E-state index in [4.69, 9.17) is 11.6 Å². The molecule has 62 valence electrons. The highest BCUT2D eigenvalue weighted by molar-refractivity contribution is 6.32. The van der Waals surface area contributed by atoms with E-state index in [2.05, 4.69) is 6.58 Å². The summed E-state index contributed by atoms with van der Waals surface area (Å²) in [6, 6.07) is 4.46. The van der Waals surface area contributed by atoms with Crippen LogP contribution in [0.3, 0.4) is 0 Å². The third kappa shape index (κ3) is 1.62. The van der Waals surface area contributed by atoms with Gasteiger partial charge in [-0.3, -0.25) is 10.1 Å². The number of benzene rings is 1. The van der Waals surface area contributed by atoms with Gasteiger partial charge in [-0.05, 0) is 17.7 Å². The lowest BCUT2D eigenvalue weighted by Crippen LogP contribution is -1.88. The third-order valence-electron chi connectivity index (χ3n) is 1.40. The predicted molar refractivity (Wildman–Crippen MR) is 48.2 cm³/mol. The normalized spacial score (nSPS) is 9.42. The molecule has 0 unspecified atom stereocenters. The van der Waals surface area contributed by atoms with E-state index >= 15 is 0 Å². The van der Waals surface area contributed by atoms with Crippen LogP contribution in [-0.4, -0.2) is 4.92 Å². The second kappa shape index (κ2) is 3.36. The first kappa shape index (κ1) is 8.74. The summed E-state index contributed by atoms with van der Waals surface area (Å²) in [5.74, 6) is 0. The first-order chi connectivity index (χ1) is 5.65. The molecule has 12 heavy (non-hydrogen) atoms. The second-order valence-electron chi connectivity index (χ2n) is 2.17. The highest BCUT2D eigenvalue weighted by atomic mass is 35.5. The van der Waals surface area contributed by atoms with Crippen LogP contribution in [0, 0.1) is 10.1 Å². The van der Waals surface area contributed by atoms with Crippen molar-refractivity contribution in [2.24, 2.45) is 0 Å². The van der Waals surface area contributed by atoms with Crippen molar-refractivity contribution < 1.29 is 4.92 Å². The van der Waals surface area contributed by atoms with Crippen LogP contribution in [0.25, 0.3) is 6.08 Å².